The van der Waals surface area contributed by atoms with E-state index >= 15 is 0 Å². The molecule has 0 aliphatic carbocycles. The van der Waals surface area contributed by atoms with Crippen molar-refractivity contribution in [2.45, 2.75) is 51.7 Å². The van der Waals surface area contributed by atoms with Crippen LogP contribution in [0.3, 0.4) is 0 Å². The van der Waals surface area contributed by atoms with Crippen molar-refractivity contribution in [2.75, 3.05) is 26.2 Å². The second-order valence-corrected chi connectivity index (χ2v) is 8.72. The minimum Gasteiger partial charge on any atom is -0.444 e. The quantitative estimate of drug-likeness (QED) is 0.630. The Morgan fingerprint density at radius 3 is 2.66 bits per heavy atom. The summed E-state index contributed by atoms with van der Waals surface area (Å²) < 4.78 is 5.34. The molecule has 0 radical (unpaired) electrons. The first-order chi connectivity index (χ1) is 13.7. The normalized spacial score (nSPS) is 16.0. The molecule has 1 aromatic rings. The van der Waals surface area contributed by atoms with Gasteiger partial charge in [-0.05, 0) is 70.8 Å². The van der Waals surface area contributed by atoms with Crippen molar-refractivity contribution in [3.8, 4) is 0 Å². The monoisotopic (exact) mass is 421 g/mol. The first-order valence-electron chi connectivity index (χ1n) is 10.1. The minimum atomic E-state index is -0.596. The Balaban J connectivity index is 1.92. The molecule has 2 N–H and O–H groups in total. The van der Waals surface area contributed by atoms with Crippen LogP contribution in [0.5, 0.6) is 0 Å². The van der Waals surface area contributed by atoms with Crippen LogP contribution in [-0.2, 0) is 16.0 Å². The molecule has 1 saturated heterocycles. The fourth-order valence-electron chi connectivity index (χ4n) is 3.15. The molecule has 160 valence electrons. The van der Waals surface area contributed by atoms with Gasteiger partial charge in [-0.1, -0.05) is 29.8 Å². The van der Waals surface area contributed by atoms with Gasteiger partial charge in [-0.3, -0.25) is 4.79 Å². The van der Waals surface area contributed by atoms with Crippen LogP contribution in [0.25, 0.3) is 0 Å². The maximum absolute atomic E-state index is 12.2. The highest BCUT2D eigenvalue weighted by molar-refractivity contribution is 6.30. The molecule has 6 nitrogen and oxygen atoms in total. The van der Waals surface area contributed by atoms with Gasteiger partial charge in [0.1, 0.15) is 5.60 Å². The largest absolute Gasteiger partial charge is 0.444 e. The summed E-state index contributed by atoms with van der Waals surface area (Å²) in [4.78, 5) is 26.7. The molecule has 1 atom stereocenters. The molecular weight excluding hydrogens is 390 g/mol. The Hall–Kier alpha value is -2.05. The molecule has 2 rings (SSSR count). The van der Waals surface area contributed by atoms with E-state index in [-0.39, 0.29) is 5.91 Å². The first-order valence-corrected chi connectivity index (χ1v) is 10.5. The van der Waals surface area contributed by atoms with E-state index in [2.05, 4.69) is 15.5 Å². The summed E-state index contributed by atoms with van der Waals surface area (Å²) in [6, 6.07) is 7.03. The predicted octanol–water partition coefficient (Wildman–Crippen LogP) is 3.54. The third kappa shape index (κ3) is 9.81. The van der Waals surface area contributed by atoms with Gasteiger partial charge in [0.25, 0.3) is 0 Å². The molecular formula is C22H32ClN3O3. The maximum atomic E-state index is 12.2. The van der Waals surface area contributed by atoms with E-state index in [9.17, 15) is 9.59 Å². The second kappa shape index (κ2) is 11.2. The molecule has 1 aliphatic rings. The summed E-state index contributed by atoms with van der Waals surface area (Å²) in [6.45, 7) is 9.11. The van der Waals surface area contributed by atoms with Crippen LogP contribution in [0.15, 0.2) is 36.4 Å². The van der Waals surface area contributed by atoms with Gasteiger partial charge >= 0.3 is 6.09 Å². The second-order valence-electron chi connectivity index (χ2n) is 8.29. The molecule has 0 aromatic heterocycles. The minimum absolute atomic E-state index is 0.175. The van der Waals surface area contributed by atoms with Gasteiger partial charge in [0.15, 0.2) is 0 Å². The Kier molecular flexibility index (Phi) is 8.99. The van der Waals surface area contributed by atoms with Gasteiger partial charge in [0.2, 0.25) is 5.91 Å². The third-order valence-electron chi connectivity index (χ3n) is 4.45. The first kappa shape index (κ1) is 23.2. The number of rotatable bonds is 8. The number of halogens is 1. The number of hydrogen-bond donors (Lipinski definition) is 2. The van der Waals surface area contributed by atoms with Crippen LogP contribution in [-0.4, -0.2) is 54.7 Å². The number of benzene rings is 1. The van der Waals surface area contributed by atoms with Gasteiger partial charge in [0, 0.05) is 24.2 Å². The van der Waals surface area contributed by atoms with Crippen molar-refractivity contribution in [3.63, 3.8) is 0 Å². The van der Waals surface area contributed by atoms with Crippen LogP contribution in [0, 0.1) is 0 Å². The van der Waals surface area contributed by atoms with Gasteiger partial charge in [0.05, 0.1) is 6.04 Å². The fourth-order valence-corrected chi connectivity index (χ4v) is 3.36. The Morgan fingerprint density at radius 1 is 1.28 bits per heavy atom. The van der Waals surface area contributed by atoms with Crippen molar-refractivity contribution < 1.29 is 14.3 Å². The lowest BCUT2D eigenvalue weighted by Gasteiger charge is -2.22. The van der Waals surface area contributed by atoms with E-state index in [4.69, 9.17) is 16.3 Å². The van der Waals surface area contributed by atoms with Crippen molar-refractivity contribution in [1.82, 2.24) is 15.5 Å². The number of hydrogen-bond acceptors (Lipinski definition) is 4. The number of ether oxygens (including phenoxy) is 1. The Bertz CT molecular complexity index is 709. The fraction of sp³-hybridized carbons (Fsp3) is 0.545. The third-order valence-corrected chi connectivity index (χ3v) is 4.69. The molecule has 7 heteroatoms. The van der Waals surface area contributed by atoms with Crippen LogP contribution in [0.2, 0.25) is 5.02 Å². The molecule has 1 aliphatic heterocycles. The molecule has 1 aromatic carbocycles. The molecule has 0 unspecified atom stereocenters. The summed E-state index contributed by atoms with van der Waals surface area (Å²) in [6.07, 6.45) is 5.60. The Morgan fingerprint density at radius 2 is 2.00 bits per heavy atom. The molecule has 1 fully saturated rings. The van der Waals surface area contributed by atoms with E-state index in [0.29, 0.717) is 18.0 Å². The van der Waals surface area contributed by atoms with Gasteiger partial charge in [-0.15, -0.1) is 0 Å². The molecule has 1 heterocycles. The van der Waals surface area contributed by atoms with Gasteiger partial charge in [-0.2, -0.15) is 0 Å². The van der Waals surface area contributed by atoms with Crippen LogP contribution in [0.4, 0.5) is 4.79 Å². The summed E-state index contributed by atoms with van der Waals surface area (Å²) in [5, 5.41) is 6.34. The van der Waals surface area contributed by atoms with E-state index in [1.807, 2.05) is 39.0 Å². The number of likely N-dealkylation sites (tertiary alicyclic amines) is 1. The zero-order chi connectivity index (χ0) is 21.3. The van der Waals surface area contributed by atoms with Crippen LogP contribution < -0.4 is 10.6 Å². The topological polar surface area (TPSA) is 70.7 Å². The van der Waals surface area contributed by atoms with Crippen molar-refractivity contribution in [1.29, 1.82) is 0 Å². The van der Waals surface area contributed by atoms with E-state index in [1.54, 1.807) is 12.1 Å². The lowest BCUT2D eigenvalue weighted by atomic mass is 10.1. The molecule has 2 amide bonds. The van der Waals surface area contributed by atoms with Crippen molar-refractivity contribution in [2.24, 2.45) is 0 Å². The average molecular weight is 422 g/mol. The predicted molar refractivity (Wildman–Crippen MR) is 116 cm³/mol. The zero-order valence-electron chi connectivity index (χ0n) is 17.5. The van der Waals surface area contributed by atoms with Crippen LogP contribution >= 0.6 is 11.6 Å². The smallest absolute Gasteiger partial charge is 0.408 e. The number of nitrogens with zero attached hydrogens (tertiary/aromatic N) is 1. The summed E-state index contributed by atoms with van der Waals surface area (Å²) in [5.74, 6) is -0.175. The molecule has 29 heavy (non-hydrogen) atoms. The van der Waals surface area contributed by atoms with E-state index in [0.717, 1.165) is 25.2 Å². The van der Waals surface area contributed by atoms with Gasteiger partial charge < -0.3 is 20.3 Å². The lowest BCUT2D eigenvalue weighted by Crippen LogP contribution is -2.39. The summed E-state index contributed by atoms with van der Waals surface area (Å²) in [5.41, 5.74) is 0.360. The SMILES string of the molecule is CC(C)(C)OC(=O)N[C@H](/C=C/C(=O)NCCN1CCCC1)Cc1cccc(Cl)c1. The molecule has 0 bridgehead atoms. The molecule has 0 spiro atoms. The highest BCUT2D eigenvalue weighted by atomic mass is 35.5. The zero-order valence-corrected chi connectivity index (χ0v) is 18.3. The highest BCUT2D eigenvalue weighted by Gasteiger charge is 2.19. The number of alkyl carbamates (subject to hydrolysis) is 1. The van der Waals surface area contributed by atoms with Crippen LogP contribution in [0.1, 0.15) is 39.2 Å². The van der Waals surface area contributed by atoms with E-state index < -0.39 is 17.7 Å². The molecule has 0 saturated carbocycles. The van der Waals surface area contributed by atoms with Gasteiger partial charge in [-0.25, -0.2) is 4.79 Å². The van der Waals surface area contributed by atoms with Crippen molar-refractivity contribution >= 4 is 23.6 Å². The van der Waals surface area contributed by atoms with E-state index in [1.165, 1.54) is 18.9 Å². The maximum Gasteiger partial charge on any atom is 0.408 e. The lowest BCUT2D eigenvalue weighted by molar-refractivity contribution is -0.116. The number of carbonyl (C=O) groups is 2. The summed E-state index contributed by atoms with van der Waals surface area (Å²) >= 11 is 6.06. The number of nitrogens with one attached hydrogen (secondary N) is 2. The Labute approximate surface area is 178 Å². The highest BCUT2D eigenvalue weighted by Crippen LogP contribution is 2.13. The number of amides is 2. The number of carbonyl (C=O) groups excluding carboxylic acids is 2. The average Bonchev–Trinajstić information content (AvgIpc) is 3.11. The standard InChI is InChI=1S/C22H32ClN3O3/c1-22(2,3)29-21(28)25-19(16-17-7-6-8-18(23)15-17)9-10-20(27)24-11-14-26-12-4-5-13-26/h6-10,15,19H,4-5,11-14,16H2,1-3H3,(H,24,27)(H,25,28)/b10-9+/t19-/m1/s1. The summed E-state index contributed by atoms with van der Waals surface area (Å²) in [7, 11) is 0. The van der Waals surface area contributed by atoms with Crippen molar-refractivity contribution in [3.05, 3.63) is 47.0 Å².